The van der Waals surface area contributed by atoms with Crippen LogP contribution >= 0.6 is 7.14 Å². The molecule has 0 radical (unpaired) electrons. The van der Waals surface area contributed by atoms with Crippen LogP contribution in [-0.4, -0.2) is 50.8 Å². The minimum Gasteiger partial charge on any atom is -0.363 e. The van der Waals surface area contributed by atoms with Crippen molar-refractivity contribution in [3.8, 4) is 17.3 Å². The highest BCUT2D eigenvalue weighted by Gasteiger charge is 2.40. The highest BCUT2D eigenvalue weighted by Crippen LogP contribution is 2.43. The zero-order chi connectivity index (χ0) is 26.8. The zero-order valence-electron chi connectivity index (χ0n) is 20.9. The molecule has 1 atom stereocenters. The van der Waals surface area contributed by atoms with Crippen LogP contribution in [0.1, 0.15) is 37.9 Å². The third-order valence-corrected chi connectivity index (χ3v) is 8.38. The molecule has 12 heteroatoms. The molecular formula is C25H27F3N7OP. The molecule has 3 N–H and O–H groups in total. The maximum Gasteiger partial charge on any atom is 0.433 e. The minimum atomic E-state index is -4.74. The molecule has 0 bridgehead atoms. The normalized spacial score (nSPS) is 18.3. The Morgan fingerprint density at radius 2 is 2.05 bits per heavy atom. The fourth-order valence-corrected chi connectivity index (χ4v) is 6.44. The van der Waals surface area contributed by atoms with Crippen LogP contribution in [0.5, 0.6) is 0 Å². The lowest BCUT2D eigenvalue weighted by Crippen LogP contribution is -2.50. The summed E-state index contributed by atoms with van der Waals surface area (Å²) < 4.78 is 57.5. The molecule has 3 aromatic heterocycles. The molecular weight excluding hydrogens is 502 g/mol. The number of halogens is 3. The largest absolute Gasteiger partial charge is 0.433 e. The van der Waals surface area contributed by atoms with E-state index in [0.29, 0.717) is 22.8 Å². The summed E-state index contributed by atoms with van der Waals surface area (Å²) in [7, 11) is -2.95. The Kier molecular flexibility index (Phi) is 5.89. The Bertz CT molecular complexity index is 1600. The van der Waals surface area contributed by atoms with Gasteiger partial charge in [0.2, 0.25) is 0 Å². The van der Waals surface area contributed by atoms with Crippen LogP contribution < -0.4 is 15.9 Å². The number of anilines is 1. The van der Waals surface area contributed by atoms with Crippen LogP contribution in [-0.2, 0) is 10.7 Å². The van der Waals surface area contributed by atoms with E-state index >= 15 is 0 Å². The van der Waals surface area contributed by atoms with Crippen LogP contribution in [0.15, 0.2) is 30.7 Å². The Morgan fingerprint density at radius 3 is 2.68 bits per heavy atom. The minimum absolute atomic E-state index is 0.0123. The molecule has 1 aromatic carbocycles. The van der Waals surface area contributed by atoms with Gasteiger partial charge < -0.3 is 20.2 Å². The quantitative estimate of drug-likeness (QED) is 0.323. The van der Waals surface area contributed by atoms with E-state index in [-0.39, 0.29) is 39.9 Å². The summed E-state index contributed by atoms with van der Waals surface area (Å²) >= 11 is 0. The number of hydrogen-bond donors (Lipinski definition) is 3. The molecule has 0 amide bonds. The van der Waals surface area contributed by atoms with E-state index in [1.54, 1.807) is 6.07 Å². The second kappa shape index (κ2) is 8.61. The maximum absolute atomic E-state index is 14.5. The molecule has 1 saturated heterocycles. The van der Waals surface area contributed by atoms with E-state index in [4.69, 9.17) is 0 Å². The molecule has 0 aliphatic carbocycles. The first-order valence-corrected chi connectivity index (χ1v) is 14.5. The summed E-state index contributed by atoms with van der Waals surface area (Å²) in [6, 6.07) is 5.07. The summed E-state index contributed by atoms with van der Waals surface area (Å²) in [5, 5.41) is 17.0. The lowest BCUT2D eigenvalue weighted by Gasteiger charge is -2.36. The average molecular weight is 530 g/mol. The number of piperidine rings is 1. The van der Waals surface area contributed by atoms with Gasteiger partial charge in [0.1, 0.15) is 12.8 Å². The van der Waals surface area contributed by atoms with E-state index in [1.165, 1.54) is 38.0 Å². The Labute approximate surface area is 211 Å². The van der Waals surface area contributed by atoms with E-state index in [1.807, 2.05) is 6.07 Å². The van der Waals surface area contributed by atoms with Crippen molar-refractivity contribution in [2.24, 2.45) is 0 Å². The lowest BCUT2D eigenvalue weighted by molar-refractivity contribution is -0.141. The standard InChI is InChI=1S/C25H27F3N7OP/c1-24(2)8-7-15(12-32-24)33-22-23-30-9-10-35(23)21(25(26,27)28)19(34-22)17-13-31-18-16(17)6-5-14(11-29)20(18)37(3,4)36/h5-6,9-10,13,15,31-32H,7-8,12H2,1-4H3,(H,33,34)/t15-/m0/s1. The van der Waals surface area contributed by atoms with Crippen molar-refractivity contribution in [2.45, 2.75) is 44.4 Å². The molecule has 1 fully saturated rings. The van der Waals surface area contributed by atoms with Gasteiger partial charge in [-0.3, -0.25) is 4.40 Å². The number of nitrogens with zero attached hydrogens (tertiary/aromatic N) is 4. The number of fused-ring (bicyclic) bond motifs is 2. The van der Waals surface area contributed by atoms with Gasteiger partial charge >= 0.3 is 6.18 Å². The summed E-state index contributed by atoms with van der Waals surface area (Å²) in [5.74, 6) is 0.249. The van der Waals surface area contributed by atoms with Gasteiger partial charge in [-0.1, -0.05) is 6.07 Å². The van der Waals surface area contributed by atoms with Crippen molar-refractivity contribution in [1.82, 2.24) is 24.7 Å². The Balaban J connectivity index is 1.73. The van der Waals surface area contributed by atoms with Gasteiger partial charge in [0.15, 0.2) is 17.2 Å². The van der Waals surface area contributed by atoms with Gasteiger partial charge in [0.25, 0.3) is 0 Å². The molecule has 0 saturated carbocycles. The number of H-pyrrole nitrogens is 1. The van der Waals surface area contributed by atoms with Gasteiger partial charge in [-0.25, -0.2) is 9.97 Å². The van der Waals surface area contributed by atoms with E-state index < -0.39 is 19.0 Å². The van der Waals surface area contributed by atoms with Crippen molar-refractivity contribution in [3.63, 3.8) is 0 Å². The molecule has 8 nitrogen and oxygen atoms in total. The number of imidazole rings is 1. The van der Waals surface area contributed by atoms with E-state index in [9.17, 15) is 23.0 Å². The predicted octanol–water partition coefficient (Wildman–Crippen LogP) is 4.96. The first-order valence-electron chi connectivity index (χ1n) is 11.9. The van der Waals surface area contributed by atoms with Gasteiger partial charge in [0, 0.05) is 47.7 Å². The summed E-state index contributed by atoms with van der Waals surface area (Å²) in [5.41, 5.74) is -0.385. The second-order valence-corrected chi connectivity index (χ2v) is 13.6. The molecule has 4 heterocycles. The number of aromatic amines is 1. The SMILES string of the molecule is CC1(C)CC[C@H](Nc2nc(-c3c[nH]c4c(P(C)(C)=O)c(C#N)ccc34)c(C(F)(F)F)n3ccnc23)CN1. The Hall–Kier alpha value is -3.35. The number of alkyl halides is 3. The third-order valence-electron chi connectivity index (χ3n) is 6.84. The third kappa shape index (κ3) is 4.49. The summed E-state index contributed by atoms with van der Waals surface area (Å²) in [6.45, 7) is 7.91. The molecule has 0 spiro atoms. The number of aromatic nitrogens is 4. The Morgan fingerprint density at radius 1 is 1.30 bits per heavy atom. The fraction of sp³-hybridized carbons (Fsp3) is 0.400. The molecule has 4 aromatic rings. The number of hydrogen-bond acceptors (Lipinski definition) is 6. The van der Waals surface area contributed by atoms with Crippen LogP contribution in [0.3, 0.4) is 0 Å². The molecule has 1 aliphatic heterocycles. The van der Waals surface area contributed by atoms with E-state index in [2.05, 4.69) is 39.4 Å². The fourth-order valence-electron chi connectivity index (χ4n) is 5.01. The average Bonchev–Trinajstić information content (AvgIpc) is 3.45. The molecule has 0 unspecified atom stereocenters. The second-order valence-electron chi connectivity index (χ2n) is 10.5. The monoisotopic (exact) mass is 529 g/mol. The zero-order valence-corrected chi connectivity index (χ0v) is 21.8. The van der Waals surface area contributed by atoms with Crippen molar-refractivity contribution in [2.75, 3.05) is 25.2 Å². The molecule has 5 rings (SSSR count). The van der Waals surface area contributed by atoms with Gasteiger partial charge in [-0.05, 0) is 46.1 Å². The van der Waals surface area contributed by atoms with Crippen molar-refractivity contribution in [3.05, 3.63) is 42.0 Å². The molecule has 37 heavy (non-hydrogen) atoms. The van der Waals surface area contributed by atoms with Crippen molar-refractivity contribution < 1.29 is 17.7 Å². The summed E-state index contributed by atoms with van der Waals surface area (Å²) in [4.78, 5) is 11.7. The van der Waals surface area contributed by atoms with Crippen LogP contribution in [0.25, 0.3) is 27.8 Å². The highest BCUT2D eigenvalue weighted by atomic mass is 31.2. The topological polar surface area (TPSA) is 111 Å². The first kappa shape index (κ1) is 25.3. The van der Waals surface area contributed by atoms with E-state index in [0.717, 1.165) is 17.2 Å². The first-order chi connectivity index (χ1) is 17.3. The van der Waals surface area contributed by atoms with Gasteiger partial charge in [-0.2, -0.15) is 18.4 Å². The summed E-state index contributed by atoms with van der Waals surface area (Å²) in [6.07, 6.45) is 1.00. The number of rotatable bonds is 4. The maximum atomic E-state index is 14.5. The molecule has 194 valence electrons. The van der Waals surface area contributed by atoms with Crippen LogP contribution in [0, 0.1) is 11.3 Å². The number of nitriles is 1. The van der Waals surface area contributed by atoms with Crippen LogP contribution in [0.2, 0.25) is 0 Å². The van der Waals surface area contributed by atoms with Gasteiger partial charge in [-0.15, -0.1) is 0 Å². The van der Waals surface area contributed by atoms with Gasteiger partial charge in [0.05, 0.1) is 22.5 Å². The lowest BCUT2D eigenvalue weighted by atomic mass is 9.91. The number of nitrogens with one attached hydrogen (secondary N) is 3. The highest BCUT2D eigenvalue weighted by molar-refractivity contribution is 7.70. The van der Waals surface area contributed by atoms with Crippen molar-refractivity contribution >= 4 is 34.8 Å². The smallest absolute Gasteiger partial charge is 0.363 e. The van der Waals surface area contributed by atoms with Crippen LogP contribution in [0.4, 0.5) is 19.0 Å². The number of benzene rings is 1. The predicted molar refractivity (Wildman–Crippen MR) is 138 cm³/mol. The van der Waals surface area contributed by atoms with Crippen molar-refractivity contribution in [1.29, 1.82) is 5.26 Å². The molecule has 1 aliphatic rings.